The van der Waals surface area contributed by atoms with E-state index in [0.717, 1.165) is 31.8 Å². The summed E-state index contributed by atoms with van der Waals surface area (Å²) in [7, 11) is 0. The number of hydrogen-bond acceptors (Lipinski definition) is 3. The van der Waals surface area contributed by atoms with Crippen LogP contribution in [0.15, 0.2) is 0 Å². The Morgan fingerprint density at radius 2 is 2.05 bits per heavy atom. The molecular weight excluding hydrogens is 252 g/mol. The molecule has 0 aromatic heterocycles. The molecule has 4 nitrogen and oxygen atoms in total. The molecule has 0 spiro atoms. The highest BCUT2D eigenvalue weighted by molar-refractivity contribution is 5.68. The van der Waals surface area contributed by atoms with Crippen LogP contribution in [0.2, 0.25) is 0 Å². The van der Waals surface area contributed by atoms with E-state index in [1.165, 1.54) is 19.3 Å². The molecule has 116 valence electrons. The Labute approximate surface area is 123 Å². The molecule has 1 saturated heterocycles. The second-order valence-corrected chi connectivity index (χ2v) is 7.51. The van der Waals surface area contributed by atoms with Crippen molar-refractivity contribution in [2.24, 2.45) is 5.92 Å². The Kier molecular flexibility index (Phi) is 4.95. The molecule has 2 rings (SSSR count). The van der Waals surface area contributed by atoms with Crippen molar-refractivity contribution in [3.05, 3.63) is 0 Å². The molecule has 0 aromatic rings. The smallest absolute Gasteiger partial charge is 0.410 e. The minimum atomic E-state index is -0.406. The van der Waals surface area contributed by atoms with Gasteiger partial charge in [0.2, 0.25) is 0 Å². The molecule has 1 heterocycles. The van der Waals surface area contributed by atoms with E-state index in [-0.39, 0.29) is 6.09 Å². The van der Waals surface area contributed by atoms with Gasteiger partial charge in [-0.2, -0.15) is 0 Å². The quantitative estimate of drug-likeness (QED) is 0.861. The first kappa shape index (κ1) is 15.6. The van der Waals surface area contributed by atoms with Gasteiger partial charge in [0.25, 0.3) is 0 Å². The number of likely N-dealkylation sites (tertiary alicyclic amines) is 1. The predicted octanol–water partition coefficient (Wildman–Crippen LogP) is 3.16. The maximum atomic E-state index is 12.1. The summed E-state index contributed by atoms with van der Waals surface area (Å²) in [6, 6.07) is 0.983. The number of ether oxygens (including phenoxy) is 1. The molecule has 2 atom stereocenters. The van der Waals surface area contributed by atoms with Crippen molar-refractivity contribution in [2.45, 2.75) is 77.5 Å². The Morgan fingerprint density at radius 1 is 1.35 bits per heavy atom. The van der Waals surface area contributed by atoms with Crippen molar-refractivity contribution in [1.29, 1.82) is 0 Å². The number of carbonyl (C=O) groups is 1. The maximum absolute atomic E-state index is 12.1. The second-order valence-electron chi connectivity index (χ2n) is 7.51. The van der Waals surface area contributed by atoms with Gasteiger partial charge >= 0.3 is 6.09 Å². The molecule has 4 heteroatoms. The number of rotatable bonds is 4. The number of nitrogens with zero attached hydrogens (tertiary/aromatic N) is 1. The summed E-state index contributed by atoms with van der Waals surface area (Å²) in [5.74, 6) is 0.947. The van der Waals surface area contributed by atoms with Crippen LogP contribution in [0.25, 0.3) is 0 Å². The van der Waals surface area contributed by atoms with E-state index >= 15 is 0 Å². The molecule has 1 aliphatic carbocycles. The summed E-state index contributed by atoms with van der Waals surface area (Å²) in [5.41, 5.74) is -0.406. The minimum absolute atomic E-state index is 0.168. The standard InChI is InChI=1S/C16H30N2O2/c1-12(10-13-7-8-13)17-14-6-5-9-18(11-14)15(19)20-16(2,3)4/h12-14,17H,5-11H2,1-4H3. The lowest BCUT2D eigenvalue weighted by molar-refractivity contribution is 0.0183. The molecular formula is C16H30N2O2. The molecule has 1 amide bonds. The first-order chi connectivity index (χ1) is 9.33. The summed E-state index contributed by atoms with van der Waals surface area (Å²) in [6.45, 7) is 9.63. The van der Waals surface area contributed by atoms with Crippen LogP contribution in [0.4, 0.5) is 4.79 Å². The number of piperidine rings is 1. The average Bonchev–Trinajstić information content (AvgIpc) is 3.10. The Hall–Kier alpha value is -0.770. The summed E-state index contributed by atoms with van der Waals surface area (Å²) in [4.78, 5) is 14.0. The lowest BCUT2D eigenvalue weighted by atomic mass is 10.0. The molecule has 20 heavy (non-hydrogen) atoms. The topological polar surface area (TPSA) is 41.6 Å². The summed E-state index contributed by atoms with van der Waals surface area (Å²) in [5, 5.41) is 3.69. The highest BCUT2D eigenvalue weighted by atomic mass is 16.6. The van der Waals surface area contributed by atoms with Crippen molar-refractivity contribution < 1.29 is 9.53 Å². The molecule has 2 fully saturated rings. The fourth-order valence-electron chi connectivity index (χ4n) is 2.93. The minimum Gasteiger partial charge on any atom is -0.444 e. The molecule has 2 aliphatic rings. The third kappa shape index (κ3) is 5.31. The fraction of sp³-hybridized carbons (Fsp3) is 0.938. The van der Waals surface area contributed by atoms with Crippen LogP contribution in [-0.2, 0) is 4.74 Å². The maximum Gasteiger partial charge on any atom is 0.410 e. The SMILES string of the molecule is CC(CC1CC1)NC1CCCN(C(=O)OC(C)(C)C)C1. The van der Waals surface area contributed by atoms with Gasteiger partial charge in [0.1, 0.15) is 5.60 Å². The van der Waals surface area contributed by atoms with E-state index in [0.29, 0.717) is 12.1 Å². The summed E-state index contributed by atoms with van der Waals surface area (Å²) in [6.07, 6.45) is 6.14. The Balaban J connectivity index is 1.76. The van der Waals surface area contributed by atoms with Crippen molar-refractivity contribution in [3.63, 3.8) is 0 Å². The Bertz CT molecular complexity index is 334. The normalized spacial score (nSPS) is 25.4. The monoisotopic (exact) mass is 282 g/mol. The molecule has 1 N–H and O–H groups in total. The van der Waals surface area contributed by atoms with Crippen LogP contribution in [0.3, 0.4) is 0 Å². The first-order valence-electron chi connectivity index (χ1n) is 8.07. The van der Waals surface area contributed by atoms with Crippen LogP contribution in [0, 0.1) is 5.92 Å². The van der Waals surface area contributed by atoms with Crippen LogP contribution in [-0.4, -0.2) is 41.8 Å². The van der Waals surface area contributed by atoms with Gasteiger partial charge in [-0.3, -0.25) is 0 Å². The highest BCUT2D eigenvalue weighted by Crippen LogP contribution is 2.33. The van der Waals surface area contributed by atoms with Crippen molar-refractivity contribution in [2.75, 3.05) is 13.1 Å². The summed E-state index contributed by atoms with van der Waals surface area (Å²) >= 11 is 0. The van der Waals surface area contributed by atoms with Crippen molar-refractivity contribution in [1.82, 2.24) is 10.2 Å². The zero-order valence-corrected chi connectivity index (χ0v) is 13.4. The Morgan fingerprint density at radius 3 is 2.65 bits per heavy atom. The largest absolute Gasteiger partial charge is 0.444 e. The van der Waals surface area contributed by atoms with Gasteiger partial charge in [-0.05, 0) is 52.9 Å². The van der Waals surface area contributed by atoms with E-state index in [1.54, 1.807) is 0 Å². The summed E-state index contributed by atoms with van der Waals surface area (Å²) < 4.78 is 5.46. The second kappa shape index (κ2) is 6.33. The van der Waals surface area contributed by atoms with Crippen molar-refractivity contribution in [3.8, 4) is 0 Å². The van der Waals surface area contributed by atoms with Crippen molar-refractivity contribution >= 4 is 6.09 Å². The highest BCUT2D eigenvalue weighted by Gasteiger charge is 2.29. The van der Waals surface area contributed by atoms with Gasteiger partial charge in [0, 0.05) is 25.2 Å². The van der Waals surface area contributed by atoms with E-state index < -0.39 is 5.60 Å². The average molecular weight is 282 g/mol. The predicted molar refractivity (Wildman–Crippen MR) is 80.8 cm³/mol. The number of amides is 1. The molecule has 0 radical (unpaired) electrons. The molecule has 0 aromatic carbocycles. The van der Waals surface area contributed by atoms with Crippen LogP contribution >= 0.6 is 0 Å². The van der Waals surface area contributed by atoms with Gasteiger partial charge in [0.05, 0.1) is 0 Å². The third-order valence-corrected chi connectivity index (χ3v) is 3.98. The van der Waals surface area contributed by atoms with Crippen LogP contribution in [0.5, 0.6) is 0 Å². The van der Waals surface area contributed by atoms with Crippen LogP contribution in [0.1, 0.15) is 59.8 Å². The molecule has 1 aliphatic heterocycles. The first-order valence-corrected chi connectivity index (χ1v) is 8.07. The van der Waals surface area contributed by atoms with Crippen LogP contribution < -0.4 is 5.32 Å². The molecule has 1 saturated carbocycles. The van der Waals surface area contributed by atoms with Gasteiger partial charge in [0.15, 0.2) is 0 Å². The van der Waals surface area contributed by atoms with E-state index in [4.69, 9.17) is 4.74 Å². The number of carbonyl (C=O) groups excluding carboxylic acids is 1. The lowest BCUT2D eigenvalue weighted by Gasteiger charge is -2.35. The van der Waals surface area contributed by atoms with Gasteiger partial charge in [-0.1, -0.05) is 12.8 Å². The zero-order valence-electron chi connectivity index (χ0n) is 13.4. The van der Waals surface area contributed by atoms with E-state index in [1.807, 2.05) is 25.7 Å². The van der Waals surface area contributed by atoms with Gasteiger partial charge in [-0.25, -0.2) is 4.79 Å². The molecule has 0 bridgehead atoms. The third-order valence-electron chi connectivity index (χ3n) is 3.98. The van der Waals surface area contributed by atoms with E-state index in [9.17, 15) is 4.79 Å². The van der Waals surface area contributed by atoms with Gasteiger partial charge < -0.3 is 15.0 Å². The lowest BCUT2D eigenvalue weighted by Crippen LogP contribution is -2.51. The zero-order chi connectivity index (χ0) is 14.8. The molecule has 2 unspecified atom stereocenters. The number of hydrogen-bond donors (Lipinski definition) is 1. The fourth-order valence-corrected chi connectivity index (χ4v) is 2.93. The number of nitrogens with one attached hydrogen (secondary N) is 1. The van der Waals surface area contributed by atoms with Gasteiger partial charge in [-0.15, -0.1) is 0 Å². The van der Waals surface area contributed by atoms with E-state index in [2.05, 4.69) is 12.2 Å².